The first-order chi connectivity index (χ1) is 20.2. The molecule has 1 aliphatic heterocycles. The van der Waals surface area contributed by atoms with Crippen LogP contribution in [0.3, 0.4) is 0 Å². The molecule has 1 aliphatic rings. The lowest BCUT2D eigenvalue weighted by atomic mass is 9.95. The number of allylic oxidation sites excluding steroid dienone is 1. The van der Waals surface area contributed by atoms with Gasteiger partial charge in [-0.2, -0.15) is 0 Å². The summed E-state index contributed by atoms with van der Waals surface area (Å²) in [6.45, 7) is 3.51. The molecule has 4 aromatic rings. The SMILES string of the molecule is CCOC(=O)C1=C(C)N=c2s/c(=C/c3ccc(-c4ccc(Cl)cc4[N+](=O)[O-])o3)c(=O)n2C1c1cc(OC)ccc1OC. The Kier molecular flexibility index (Phi) is 8.01. The summed E-state index contributed by atoms with van der Waals surface area (Å²) in [5, 5.41) is 11.8. The van der Waals surface area contributed by atoms with Crippen LogP contribution in [0.5, 0.6) is 11.5 Å². The number of methoxy groups -OCH3 is 2. The summed E-state index contributed by atoms with van der Waals surface area (Å²) < 4.78 is 23.9. The topological polar surface area (TPSA) is 135 Å². The molecule has 0 radical (unpaired) electrons. The smallest absolute Gasteiger partial charge is 0.338 e. The summed E-state index contributed by atoms with van der Waals surface area (Å²) in [7, 11) is 3.01. The molecule has 3 heterocycles. The normalized spacial score (nSPS) is 14.8. The van der Waals surface area contributed by atoms with Crippen LogP contribution in [-0.4, -0.2) is 36.3 Å². The maximum Gasteiger partial charge on any atom is 0.338 e. The standard InChI is InChI=1S/C29H24ClN3O8S/c1-5-40-28(35)25-15(2)31-29-32(26(25)20-13-17(38-3)7-10-22(20)39-4)27(34)24(42-29)14-18-8-11-23(41-18)19-9-6-16(30)12-21(19)33(36)37/h6-14,26H,5H2,1-4H3/b24-14+. The van der Waals surface area contributed by atoms with Crippen LogP contribution >= 0.6 is 22.9 Å². The summed E-state index contributed by atoms with van der Waals surface area (Å²) in [5.41, 5.74) is 0.696. The number of aromatic nitrogens is 1. The van der Waals surface area contributed by atoms with Crippen LogP contribution in [0.15, 0.2) is 74.0 Å². The van der Waals surface area contributed by atoms with E-state index in [0.29, 0.717) is 27.6 Å². The Hall–Kier alpha value is -4.68. The van der Waals surface area contributed by atoms with Gasteiger partial charge in [-0.1, -0.05) is 22.9 Å². The van der Waals surface area contributed by atoms with Gasteiger partial charge in [0.1, 0.15) is 29.1 Å². The summed E-state index contributed by atoms with van der Waals surface area (Å²) in [4.78, 5) is 43.1. The second kappa shape index (κ2) is 11.7. The van der Waals surface area contributed by atoms with Crippen LogP contribution in [0.25, 0.3) is 17.4 Å². The van der Waals surface area contributed by atoms with Crippen molar-refractivity contribution in [2.45, 2.75) is 19.9 Å². The molecule has 1 unspecified atom stereocenters. The highest BCUT2D eigenvalue weighted by molar-refractivity contribution is 7.07. The van der Waals surface area contributed by atoms with Crippen molar-refractivity contribution in [3.05, 3.63) is 106 Å². The maximum absolute atomic E-state index is 13.9. The zero-order chi connectivity index (χ0) is 30.1. The van der Waals surface area contributed by atoms with E-state index in [4.69, 9.17) is 30.2 Å². The van der Waals surface area contributed by atoms with Crippen molar-refractivity contribution in [1.29, 1.82) is 0 Å². The van der Waals surface area contributed by atoms with Crippen LogP contribution in [0.2, 0.25) is 5.02 Å². The fourth-order valence-corrected chi connectivity index (χ4v) is 5.90. The minimum absolute atomic E-state index is 0.134. The first-order valence-corrected chi connectivity index (χ1v) is 13.8. The van der Waals surface area contributed by atoms with Gasteiger partial charge in [0.25, 0.3) is 11.2 Å². The molecular weight excluding hydrogens is 586 g/mol. The first kappa shape index (κ1) is 28.8. The van der Waals surface area contributed by atoms with Gasteiger partial charge in [0.2, 0.25) is 0 Å². The number of furan rings is 1. The average Bonchev–Trinajstić information content (AvgIpc) is 3.55. The fraction of sp³-hybridized carbons (Fsp3) is 0.207. The second-order valence-corrected chi connectivity index (χ2v) is 10.5. The highest BCUT2D eigenvalue weighted by atomic mass is 35.5. The van der Waals surface area contributed by atoms with Crippen LogP contribution in [0.4, 0.5) is 5.69 Å². The number of carbonyl (C=O) groups is 1. The first-order valence-electron chi connectivity index (χ1n) is 12.6. The van der Waals surface area contributed by atoms with Crippen molar-refractivity contribution in [2.24, 2.45) is 4.99 Å². The van der Waals surface area contributed by atoms with Gasteiger partial charge in [-0.25, -0.2) is 9.79 Å². The summed E-state index contributed by atoms with van der Waals surface area (Å²) >= 11 is 7.05. The number of nitro groups is 1. The Bertz CT molecular complexity index is 1940. The largest absolute Gasteiger partial charge is 0.497 e. The van der Waals surface area contributed by atoms with Crippen LogP contribution in [0.1, 0.15) is 31.2 Å². The monoisotopic (exact) mass is 609 g/mol. The van der Waals surface area contributed by atoms with E-state index in [0.717, 1.165) is 11.3 Å². The molecule has 11 nitrogen and oxygen atoms in total. The number of fused-ring (bicyclic) bond motifs is 1. The van der Waals surface area contributed by atoms with Crippen LogP contribution in [0, 0.1) is 10.1 Å². The summed E-state index contributed by atoms with van der Waals surface area (Å²) in [6, 6.07) is 11.6. The molecule has 0 spiro atoms. The zero-order valence-corrected chi connectivity index (χ0v) is 24.4. The lowest BCUT2D eigenvalue weighted by Crippen LogP contribution is -2.40. The van der Waals surface area contributed by atoms with E-state index in [-0.39, 0.29) is 44.5 Å². The predicted octanol–water partition coefficient (Wildman–Crippen LogP) is 4.64. The number of hydrogen-bond donors (Lipinski definition) is 0. The van der Waals surface area contributed by atoms with Crippen LogP contribution in [-0.2, 0) is 9.53 Å². The maximum atomic E-state index is 13.9. The molecule has 2 aromatic carbocycles. The predicted molar refractivity (Wildman–Crippen MR) is 156 cm³/mol. The number of carbonyl (C=O) groups excluding carboxylic acids is 1. The molecule has 0 bridgehead atoms. The third-order valence-electron chi connectivity index (χ3n) is 6.57. The van der Waals surface area contributed by atoms with Gasteiger partial charge in [-0.3, -0.25) is 19.5 Å². The quantitative estimate of drug-likeness (QED) is 0.160. The average molecular weight is 610 g/mol. The van der Waals surface area contributed by atoms with Crippen molar-refractivity contribution in [2.75, 3.05) is 20.8 Å². The molecule has 0 saturated heterocycles. The minimum Gasteiger partial charge on any atom is -0.497 e. The molecule has 2 aromatic heterocycles. The van der Waals surface area contributed by atoms with E-state index >= 15 is 0 Å². The molecule has 0 N–H and O–H groups in total. The summed E-state index contributed by atoms with van der Waals surface area (Å²) in [6.07, 6.45) is 1.53. The molecule has 5 rings (SSSR count). The Balaban J connectivity index is 1.68. The summed E-state index contributed by atoms with van der Waals surface area (Å²) in [5.74, 6) is 0.855. The highest BCUT2D eigenvalue weighted by Crippen LogP contribution is 2.38. The number of benzene rings is 2. The number of esters is 1. The lowest BCUT2D eigenvalue weighted by Gasteiger charge is -2.26. The van der Waals surface area contributed by atoms with Crippen molar-refractivity contribution >= 4 is 40.7 Å². The van der Waals surface area contributed by atoms with Crippen molar-refractivity contribution in [3.8, 4) is 22.8 Å². The van der Waals surface area contributed by atoms with Gasteiger partial charge in [0.15, 0.2) is 4.80 Å². The Morgan fingerprint density at radius 1 is 1.19 bits per heavy atom. The van der Waals surface area contributed by atoms with Crippen molar-refractivity contribution in [1.82, 2.24) is 4.57 Å². The third-order valence-corrected chi connectivity index (χ3v) is 7.79. The van der Waals surface area contributed by atoms with E-state index in [1.807, 2.05) is 0 Å². The van der Waals surface area contributed by atoms with E-state index in [9.17, 15) is 19.7 Å². The molecule has 0 fully saturated rings. The van der Waals surface area contributed by atoms with Crippen LogP contribution < -0.4 is 24.4 Å². The molecule has 0 aliphatic carbocycles. The van der Waals surface area contributed by atoms with Gasteiger partial charge in [0, 0.05) is 22.7 Å². The van der Waals surface area contributed by atoms with Gasteiger partial charge in [-0.15, -0.1) is 0 Å². The molecule has 0 saturated carbocycles. The van der Waals surface area contributed by atoms with Gasteiger partial charge in [-0.05, 0) is 56.3 Å². The number of nitro benzene ring substituents is 1. The molecule has 42 heavy (non-hydrogen) atoms. The molecule has 13 heteroatoms. The highest BCUT2D eigenvalue weighted by Gasteiger charge is 2.35. The van der Waals surface area contributed by atoms with Crippen molar-refractivity contribution < 1.29 is 28.3 Å². The van der Waals surface area contributed by atoms with E-state index in [1.54, 1.807) is 44.2 Å². The number of halogens is 1. The van der Waals surface area contributed by atoms with Crippen molar-refractivity contribution in [3.63, 3.8) is 0 Å². The third kappa shape index (κ3) is 5.21. The van der Waals surface area contributed by atoms with E-state index < -0.39 is 22.5 Å². The molecular formula is C29H24ClN3O8S. The lowest BCUT2D eigenvalue weighted by molar-refractivity contribution is -0.384. The Morgan fingerprint density at radius 3 is 2.67 bits per heavy atom. The second-order valence-electron chi connectivity index (χ2n) is 9.03. The number of thiazole rings is 1. The minimum atomic E-state index is -0.920. The van der Waals surface area contributed by atoms with E-state index in [2.05, 4.69) is 4.99 Å². The Labute approximate surface area is 247 Å². The van der Waals surface area contributed by atoms with Gasteiger partial charge in [0.05, 0.1) is 47.1 Å². The van der Waals surface area contributed by atoms with Gasteiger partial charge < -0.3 is 18.6 Å². The van der Waals surface area contributed by atoms with E-state index in [1.165, 1.54) is 43.1 Å². The van der Waals surface area contributed by atoms with Gasteiger partial charge >= 0.3 is 5.97 Å². The molecule has 216 valence electrons. The molecule has 0 amide bonds. The number of nitrogens with zero attached hydrogens (tertiary/aromatic N) is 3. The number of ether oxygens (including phenoxy) is 3. The fourth-order valence-electron chi connectivity index (χ4n) is 4.71. The number of rotatable bonds is 8. The zero-order valence-electron chi connectivity index (χ0n) is 22.9. The Morgan fingerprint density at radius 2 is 1.98 bits per heavy atom. The molecule has 1 atom stereocenters. The number of hydrogen-bond acceptors (Lipinski definition) is 10.